The minimum atomic E-state index is -0.304. The third-order valence-corrected chi connectivity index (χ3v) is 5.93. The van der Waals surface area contributed by atoms with Gasteiger partial charge >= 0.3 is 0 Å². The van der Waals surface area contributed by atoms with Crippen molar-refractivity contribution in [2.45, 2.75) is 25.9 Å². The predicted octanol–water partition coefficient (Wildman–Crippen LogP) is 5.34. The molecule has 1 aliphatic rings. The van der Waals surface area contributed by atoms with Crippen molar-refractivity contribution < 1.29 is 9.18 Å². The van der Waals surface area contributed by atoms with Crippen LogP contribution in [0.25, 0.3) is 22.2 Å². The Hall–Kier alpha value is -3.80. The molecule has 0 saturated carbocycles. The number of fused-ring (bicyclic) bond motifs is 2. The molecule has 1 aliphatic heterocycles. The molecule has 0 bridgehead atoms. The summed E-state index contributed by atoms with van der Waals surface area (Å²) in [6.45, 7) is 2.52. The van der Waals surface area contributed by atoms with E-state index in [-0.39, 0.29) is 17.8 Å². The number of nitrogens with zero attached hydrogens (tertiary/aromatic N) is 3. The van der Waals surface area contributed by atoms with Gasteiger partial charge in [0, 0.05) is 31.0 Å². The standard InChI is InChI=1S/C26H23FN4O/c1-17(32)31-14-13-24(21-12-11-20(27)15-19(21)16-31)29-26-28-23-10-6-5-9-22(23)25(30-26)18-7-3-2-4-8-18/h2-12,15,24H,13-14,16H2,1H3,(H,28,29,30). The van der Waals surface area contributed by atoms with Gasteiger partial charge in [0.15, 0.2) is 0 Å². The predicted molar refractivity (Wildman–Crippen MR) is 123 cm³/mol. The molecule has 1 atom stereocenters. The highest BCUT2D eigenvalue weighted by Gasteiger charge is 2.25. The molecule has 5 nitrogen and oxygen atoms in total. The minimum absolute atomic E-state index is 0.0193. The largest absolute Gasteiger partial charge is 0.347 e. The Balaban J connectivity index is 1.57. The Kier molecular flexibility index (Phi) is 5.27. The summed E-state index contributed by atoms with van der Waals surface area (Å²) >= 11 is 0. The first-order valence-corrected chi connectivity index (χ1v) is 10.7. The SMILES string of the molecule is CC(=O)N1CCC(Nc2nc(-c3ccccc3)c3ccccc3n2)c2ccc(F)cc2C1. The molecule has 6 heteroatoms. The molecular formula is C26H23FN4O. The van der Waals surface area contributed by atoms with E-state index in [4.69, 9.17) is 9.97 Å². The summed E-state index contributed by atoms with van der Waals surface area (Å²) in [7, 11) is 0. The number of hydrogen-bond donors (Lipinski definition) is 1. The van der Waals surface area contributed by atoms with Crippen LogP contribution in [0.5, 0.6) is 0 Å². The number of anilines is 1. The summed E-state index contributed by atoms with van der Waals surface area (Å²) in [4.78, 5) is 23.4. The van der Waals surface area contributed by atoms with Crippen molar-refractivity contribution in [2.75, 3.05) is 11.9 Å². The molecule has 5 rings (SSSR count). The molecule has 4 aromatic rings. The van der Waals surface area contributed by atoms with Crippen molar-refractivity contribution in [1.82, 2.24) is 14.9 Å². The normalized spacial score (nSPS) is 15.8. The first-order chi connectivity index (χ1) is 15.6. The summed E-state index contributed by atoms with van der Waals surface area (Å²) in [5.41, 5.74) is 4.49. The number of halogens is 1. The molecule has 1 unspecified atom stereocenters. The van der Waals surface area contributed by atoms with Crippen LogP contribution in [0.4, 0.5) is 10.3 Å². The zero-order chi connectivity index (χ0) is 22.1. The third kappa shape index (κ3) is 3.91. The second-order valence-electron chi connectivity index (χ2n) is 8.05. The van der Waals surface area contributed by atoms with E-state index in [2.05, 4.69) is 5.32 Å². The number of rotatable bonds is 3. The lowest BCUT2D eigenvalue weighted by molar-refractivity contribution is -0.129. The maximum Gasteiger partial charge on any atom is 0.224 e. The van der Waals surface area contributed by atoms with Gasteiger partial charge in [-0.15, -0.1) is 0 Å². The van der Waals surface area contributed by atoms with Crippen molar-refractivity contribution in [1.29, 1.82) is 0 Å². The lowest BCUT2D eigenvalue weighted by atomic mass is 9.99. The maximum absolute atomic E-state index is 14.0. The minimum Gasteiger partial charge on any atom is -0.347 e. The fourth-order valence-electron chi connectivity index (χ4n) is 4.31. The molecule has 1 N–H and O–H groups in total. The molecular weight excluding hydrogens is 403 g/mol. The average Bonchev–Trinajstić information content (AvgIpc) is 2.98. The molecule has 0 spiro atoms. The highest BCUT2D eigenvalue weighted by molar-refractivity contribution is 5.93. The second-order valence-corrected chi connectivity index (χ2v) is 8.05. The van der Waals surface area contributed by atoms with Crippen LogP contribution < -0.4 is 5.32 Å². The van der Waals surface area contributed by atoms with Gasteiger partial charge < -0.3 is 10.2 Å². The molecule has 0 aliphatic carbocycles. The quantitative estimate of drug-likeness (QED) is 0.480. The molecule has 160 valence electrons. The molecule has 1 aromatic heterocycles. The second kappa shape index (κ2) is 8.38. The van der Waals surface area contributed by atoms with E-state index in [1.165, 1.54) is 12.1 Å². The average molecular weight is 426 g/mol. The molecule has 32 heavy (non-hydrogen) atoms. The molecule has 1 amide bonds. The number of nitrogens with one attached hydrogen (secondary N) is 1. The molecule has 0 radical (unpaired) electrons. The maximum atomic E-state index is 14.0. The van der Waals surface area contributed by atoms with Gasteiger partial charge in [0.05, 0.1) is 17.3 Å². The van der Waals surface area contributed by atoms with E-state index in [1.54, 1.807) is 17.9 Å². The van der Waals surface area contributed by atoms with Crippen molar-refractivity contribution in [3.63, 3.8) is 0 Å². The Morgan fingerprint density at radius 2 is 1.81 bits per heavy atom. The third-order valence-electron chi connectivity index (χ3n) is 5.93. The van der Waals surface area contributed by atoms with Gasteiger partial charge in [0.2, 0.25) is 11.9 Å². The van der Waals surface area contributed by atoms with E-state index in [0.29, 0.717) is 25.5 Å². The van der Waals surface area contributed by atoms with Crippen LogP contribution in [0.2, 0.25) is 0 Å². The van der Waals surface area contributed by atoms with Crippen LogP contribution in [-0.2, 0) is 11.3 Å². The Labute approximate surface area is 185 Å². The van der Waals surface area contributed by atoms with Gasteiger partial charge in [-0.05, 0) is 35.7 Å². The topological polar surface area (TPSA) is 58.1 Å². The number of carbonyl (C=O) groups excluding carboxylic acids is 1. The number of carbonyl (C=O) groups is 1. The van der Waals surface area contributed by atoms with Crippen molar-refractivity contribution in [3.8, 4) is 11.3 Å². The van der Waals surface area contributed by atoms with E-state index in [1.807, 2.05) is 54.6 Å². The summed E-state index contributed by atoms with van der Waals surface area (Å²) in [5, 5.41) is 4.46. The molecule has 2 heterocycles. The first kappa shape index (κ1) is 20.1. The van der Waals surface area contributed by atoms with E-state index >= 15 is 0 Å². The van der Waals surface area contributed by atoms with Crippen LogP contribution in [0, 0.1) is 5.82 Å². The van der Waals surface area contributed by atoms with Gasteiger partial charge in [-0.2, -0.15) is 0 Å². The fourth-order valence-corrected chi connectivity index (χ4v) is 4.31. The van der Waals surface area contributed by atoms with Gasteiger partial charge in [-0.25, -0.2) is 14.4 Å². The van der Waals surface area contributed by atoms with Crippen LogP contribution in [-0.4, -0.2) is 27.3 Å². The Bertz CT molecular complexity index is 1290. The summed E-state index contributed by atoms with van der Waals surface area (Å²) < 4.78 is 14.0. The van der Waals surface area contributed by atoms with Gasteiger partial charge in [-0.3, -0.25) is 4.79 Å². The highest BCUT2D eigenvalue weighted by Crippen LogP contribution is 2.32. The number of para-hydroxylation sites is 1. The number of amides is 1. The highest BCUT2D eigenvalue weighted by atomic mass is 19.1. The monoisotopic (exact) mass is 426 g/mol. The van der Waals surface area contributed by atoms with Crippen molar-refractivity contribution >= 4 is 22.8 Å². The van der Waals surface area contributed by atoms with Crippen LogP contribution in [0.3, 0.4) is 0 Å². The zero-order valence-corrected chi connectivity index (χ0v) is 17.8. The molecule has 0 saturated heterocycles. The van der Waals surface area contributed by atoms with Crippen LogP contribution >= 0.6 is 0 Å². The van der Waals surface area contributed by atoms with Gasteiger partial charge in [0.1, 0.15) is 5.82 Å². The zero-order valence-electron chi connectivity index (χ0n) is 17.8. The fraction of sp³-hybridized carbons (Fsp3) is 0.192. The number of hydrogen-bond acceptors (Lipinski definition) is 4. The van der Waals surface area contributed by atoms with Crippen molar-refractivity contribution in [2.24, 2.45) is 0 Å². The Morgan fingerprint density at radius 3 is 2.62 bits per heavy atom. The lowest BCUT2D eigenvalue weighted by Gasteiger charge is -2.20. The first-order valence-electron chi connectivity index (χ1n) is 10.7. The number of benzene rings is 3. The van der Waals surface area contributed by atoms with E-state index in [9.17, 15) is 9.18 Å². The summed E-state index contributed by atoms with van der Waals surface area (Å²) in [5.74, 6) is 0.189. The molecule has 3 aromatic carbocycles. The Morgan fingerprint density at radius 1 is 1.03 bits per heavy atom. The molecule has 0 fully saturated rings. The van der Waals surface area contributed by atoms with E-state index in [0.717, 1.165) is 33.3 Å². The van der Waals surface area contributed by atoms with Gasteiger partial charge in [-0.1, -0.05) is 54.6 Å². The lowest BCUT2D eigenvalue weighted by Crippen LogP contribution is -2.28. The van der Waals surface area contributed by atoms with Gasteiger partial charge in [0.25, 0.3) is 0 Å². The summed E-state index contributed by atoms with van der Waals surface area (Å²) in [6, 6.07) is 22.6. The van der Waals surface area contributed by atoms with Crippen LogP contribution in [0.1, 0.15) is 30.5 Å². The number of aromatic nitrogens is 2. The summed E-state index contributed by atoms with van der Waals surface area (Å²) in [6.07, 6.45) is 0.676. The smallest absolute Gasteiger partial charge is 0.224 e. The van der Waals surface area contributed by atoms with E-state index < -0.39 is 0 Å². The van der Waals surface area contributed by atoms with Crippen molar-refractivity contribution in [3.05, 3.63) is 89.7 Å². The van der Waals surface area contributed by atoms with Crippen LogP contribution in [0.15, 0.2) is 72.8 Å².